The molecule has 0 fully saturated rings. The predicted octanol–water partition coefficient (Wildman–Crippen LogP) is 4.86. The lowest BCUT2D eigenvalue weighted by molar-refractivity contribution is 0.571. The van der Waals surface area contributed by atoms with Crippen molar-refractivity contribution in [2.24, 2.45) is 0 Å². The van der Waals surface area contributed by atoms with Crippen LogP contribution in [0.2, 0.25) is 0 Å². The molecule has 0 radical (unpaired) electrons. The number of nitrogens with one attached hydrogen (secondary N) is 1. The molecule has 0 amide bonds. The van der Waals surface area contributed by atoms with Crippen molar-refractivity contribution in [3.8, 4) is 11.1 Å². The van der Waals surface area contributed by atoms with Crippen molar-refractivity contribution >= 4 is 0 Å². The lowest BCUT2D eigenvalue weighted by Gasteiger charge is -2.15. The van der Waals surface area contributed by atoms with E-state index in [9.17, 15) is 4.39 Å². The second kappa shape index (κ2) is 6.67. The van der Waals surface area contributed by atoms with Gasteiger partial charge in [0.15, 0.2) is 0 Å². The van der Waals surface area contributed by atoms with Gasteiger partial charge in [0.1, 0.15) is 5.82 Å². The molecule has 20 heavy (non-hydrogen) atoms. The number of aryl methyl sites for hydroxylation is 1. The van der Waals surface area contributed by atoms with Crippen LogP contribution in [0.3, 0.4) is 0 Å². The highest BCUT2D eigenvalue weighted by Crippen LogP contribution is 2.24. The molecule has 0 bridgehead atoms. The number of benzene rings is 2. The Balaban J connectivity index is 2.26. The molecule has 0 aromatic heterocycles. The number of hydrogen-bond donors (Lipinski definition) is 1. The van der Waals surface area contributed by atoms with Crippen molar-refractivity contribution in [2.75, 3.05) is 6.54 Å². The first-order valence-electron chi connectivity index (χ1n) is 7.21. The van der Waals surface area contributed by atoms with Crippen LogP contribution in [0, 0.1) is 12.7 Å². The third kappa shape index (κ3) is 3.45. The van der Waals surface area contributed by atoms with Gasteiger partial charge in [-0.1, -0.05) is 37.3 Å². The Hall–Kier alpha value is -1.67. The zero-order valence-corrected chi connectivity index (χ0v) is 12.4. The quantitative estimate of drug-likeness (QED) is 0.818. The van der Waals surface area contributed by atoms with Crippen molar-refractivity contribution in [3.05, 3.63) is 59.4 Å². The van der Waals surface area contributed by atoms with Crippen LogP contribution in [-0.4, -0.2) is 6.54 Å². The van der Waals surface area contributed by atoms with Gasteiger partial charge < -0.3 is 5.32 Å². The van der Waals surface area contributed by atoms with Gasteiger partial charge in [-0.3, -0.25) is 0 Å². The van der Waals surface area contributed by atoms with E-state index in [0.29, 0.717) is 11.6 Å². The van der Waals surface area contributed by atoms with Gasteiger partial charge in [0, 0.05) is 6.04 Å². The fourth-order valence-corrected chi connectivity index (χ4v) is 2.24. The van der Waals surface area contributed by atoms with Crippen LogP contribution in [0.4, 0.5) is 4.39 Å². The van der Waals surface area contributed by atoms with Crippen LogP contribution < -0.4 is 5.32 Å². The molecule has 1 nitrogen and oxygen atoms in total. The molecule has 0 aliphatic heterocycles. The van der Waals surface area contributed by atoms with E-state index in [1.165, 1.54) is 5.56 Å². The lowest BCUT2D eigenvalue weighted by Crippen LogP contribution is -2.19. The van der Waals surface area contributed by atoms with Crippen molar-refractivity contribution in [2.45, 2.75) is 33.2 Å². The Labute approximate surface area is 120 Å². The second-order valence-electron chi connectivity index (χ2n) is 5.27. The maximum Gasteiger partial charge on any atom is 0.126 e. The fraction of sp³-hybridized carbons (Fsp3) is 0.333. The normalized spacial score (nSPS) is 12.4. The van der Waals surface area contributed by atoms with Crippen LogP contribution in [0.1, 0.15) is 37.4 Å². The fourth-order valence-electron chi connectivity index (χ4n) is 2.24. The molecule has 2 heteroatoms. The second-order valence-corrected chi connectivity index (χ2v) is 5.27. The van der Waals surface area contributed by atoms with Gasteiger partial charge in [-0.25, -0.2) is 4.39 Å². The summed E-state index contributed by atoms with van der Waals surface area (Å²) in [6.07, 6.45) is 1.12. The molecule has 0 spiro atoms. The minimum Gasteiger partial charge on any atom is -0.310 e. The van der Waals surface area contributed by atoms with E-state index in [4.69, 9.17) is 0 Å². The summed E-state index contributed by atoms with van der Waals surface area (Å²) in [6.45, 7) is 7.10. The van der Waals surface area contributed by atoms with E-state index in [-0.39, 0.29) is 5.82 Å². The van der Waals surface area contributed by atoms with Crippen LogP contribution in [0.25, 0.3) is 11.1 Å². The summed E-state index contributed by atoms with van der Waals surface area (Å²) in [4.78, 5) is 0. The molecule has 2 aromatic rings. The van der Waals surface area contributed by atoms with Gasteiger partial charge in [0.2, 0.25) is 0 Å². The van der Waals surface area contributed by atoms with Gasteiger partial charge >= 0.3 is 0 Å². The highest BCUT2D eigenvalue weighted by Gasteiger charge is 2.07. The minimum absolute atomic E-state index is 0.148. The summed E-state index contributed by atoms with van der Waals surface area (Å²) < 4.78 is 13.7. The zero-order valence-electron chi connectivity index (χ0n) is 12.4. The summed E-state index contributed by atoms with van der Waals surface area (Å²) in [5, 5.41) is 3.47. The van der Waals surface area contributed by atoms with Gasteiger partial charge in [0.25, 0.3) is 0 Å². The van der Waals surface area contributed by atoms with Crippen molar-refractivity contribution in [3.63, 3.8) is 0 Å². The van der Waals surface area contributed by atoms with E-state index in [2.05, 4.69) is 31.3 Å². The van der Waals surface area contributed by atoms with E-state index >= 15 is 0 Å². The summed E-state index contributed by atoms with van der Waals surface area (Å²) in [5.41, 5.74) is 3.91. The van der Waals surface area contributed by atoms with Gasteiger partial charge in [-0.2, -0.15) is 0 Å². The number of halogens is 1. The molecular weight excluding hydrogens is 249 g/mol. The Morgan fingerprint density at radius 3 is 2.55 bits per heavy atom. The molecule has 1 N–H and O–H groups in total. The number of hydrogen-bond acceptors (Lipinski definition) is 1. The largest absolute Gasteiger partial charge is 0.310 e. The molecule has 0 heterocycles. The maximum atomic E-state index is 13.7. The summed E-state index contributed by atoms with van der Waals surface area (Å²) in [6, 6.07) is 14.0. The van der Waals surface area contributed by atoms with Gasteiger partial charge in [-0.15, -0.1) is 0 Å². The Kier molecular flexibility index (Phi) is 4.91. The topological polar surface area (TPSA) is 12.0 Å². The molecule has 0 saturated heterocycles. The number of rotatable bonds is 5. The smallest absolute Gasteiger partial charge is 0.126 e. The maximum absolute atomic E-state index is 13.7. The van der Waals surface area contributed by atoms with Crippen LogP contribution in [0.5, 0.6) is 0 Å². The molecule has 0 aliphatic rings. The van der Waals surface area contributed by atoms with E-state index < -0.39 is 0 Å². The molecule has 106 valence electrons. The van der Waals surface area contributed by atoms with E-state index in [1.807, 2.05) is 24.3 Å². The Morgan fingerprint density at radius 1 is 1.10 bits per heavy atom. The molecule has 0 saturated carbocycles. The summed E-state index contributed by atoms with van der Waals surface area (Å²) >= 11 is 0. The predicted molar refractivity (Wildman–Crippen MR) is 83.3 cm³/mol. The molecule has 1 atom stereocenters. The Morgan fingerprint density at radius 2 is 1.85 bits per heavy atom. The molecular formula is C18H22FN. The summed E-state index contributed by atoms with van der Waals surface area (Å²) in [7, 11) is 0. The average molecular weight is 271 g/mol. The first-order chi connectivity index (χ1) is 9.61. The van der Waals surface area contributed by atoms with Crippen molar-refractivity contribution < 1.29 is 4.39 Å². The van der Waals surface area contributed by atoms with Gasteiger partial charge in [0.05, 0.1) is 0 Å². The molecule has 2 rings (SSSR count). The first kappa shape index (κ1) is 14.7. The first-order valence-corrected chi connectivity index (χ1v) is 7.21. The monoisotopic (exact) mass is 271 g/mol. The zero-order chi connectivity index (χ0) is 14.5. The van der Waals surface area contributed by atoms with E-state index in [1.54, 1.807) is 13.0 Å². The standard InChI is InChI=1S/C18H22FN/c1-4-10-20-14(3)15-6-5-7-16(11-15)17-9-8-13(2)18(19)12-17/h5-9,11-12,14,20H,4,10H2,1-3H3. The average Bonchev–Trinajstić information content (AvgIpc) is 2.47. The molecule has 1 unspecified atom stereocenters. The molecule has 2 aromatic carbocycles. The van der Waals surface area contributed by atoms with Crippen LogP contribution in [0.15, 0.2) is 42.5 Å². The van der Waals surface area contributed by atoms with E-state index in [0.717, 1.165) is 24.1 Å². The van der Waals surface area contributed by atoms with Crippen LogP contribution >= 0.6 is 0 Å². The lowest BCUT2D eigenvalue weighted by atomic mass is 9.99. The Bertz CT molecular complexity index is 577. The summed E-state index contributed by atoms with van der Waals surface area (Å²) in [5.74, 6) is -0.148. The third-order valence-corrected chi connectivity index (χ3v) is 3.59. The molecule has 0 aliphatic carbocycles. The SMILES string of the molecule is CCCNC(C)c1cccc(-c2ccc(C)c(F)c2)c1. The highest BCUT2D eigenvalue weighted by atomic mass is 19.1. The van der Waals surface area contributed by atoms with Crippen molar-refractivity contribution in [1.29, 1.82) is 0 Å². The third-order valence-electron chi connectivity index (χ3n) is 3.59. The highest BCUT2D eigenvalue weighted by molar-refractivity contribution is 5.64. The van der Waals surface area contributed by atoms with Crippen LogP contribution in [-0.2, 0) is 0 Å². The van der Waals surface area contributed by atoms with Gasteiger partial charge in [-0.05, 0) is 61.2 Å². The minimum atomic E-state index is -0.148. The van der Waals surface area contributed by atoms with Crippen molar-refractivity contribution in [1.82, 2.24) is 5.32 Å².